The fraction of sp³-hybridized carbons (Fsp3) is 0.255. The van der Waals surface area contributed by atoms with Crippen LogP contribution in [0.4, 0.5) is 5.82 Å². The Kier molecular flexibility index (Phi) is 11.8. The van der Waals surface area contributed by atoms with Crippen molar-refractivity contribution in [1.29, 1.82) is 0 Å². The van der Waals surface area contributed by atoms with Crippen LogP contribution in [0.25, 0.3) is 0 Å². The van der Waals surface area contributed by atoms with Crippen molar-refractivity contribution in [3.63, 3.8) is 0 Å². The van der Waals surface area contributed by atoms with Crippen LogP contribution >= 0.6 is 0 Å². The van der Waals surface area contributed by atoms with Gasteiger partial charge in [0.1, 0.15) is 46.9 Å². The predicted octanol–water partition coefficient (Wildman–Crippen LogP) is 6.23. The molecular formula is C47H47N5O9. The van der Waals surface area contributed by atoms with Gasteiger partial charge in [-0.3, -0.25) is 10.1 Å². The van der Waals surface area contributed by atoms with Crippen molar-refractivity contribution < 1.29 is 43.4 Å². The summed E-state index contributed by atoms with van der Waals surface area (Å²) in [7, 11) is 3.20. The van der Waals surface area contributed by atoms with Crippen molar-refractivity contribution in [2.24, 2.45) is 10.9 Å². The molecule has 4 N–H and O–H groups in total. The molecule has 314 valence electrons. The summed E-state index contributed by atoms with van der Waals surface area (Å²) in [5.41, 5.74) is 1.27. The van der Waals surface area contributed by atoms with Crippen LogP contribution in [0.1, 0.15) is 36.2 Å². The van der Waals surface area contributed by atoms with Gasteiger partial charge in [0.2, 0.25) is 11.9 Å². The Morgan fingerprint density at radius 3 is 1.77 bits per heavy atom. The minimum absolute atomic E-state index is 0.0990. The second-order valence-corrected chi connectivity index (χ2v) is 14.8. The number of para-hydroxylation sites is 2. The lowest BCUT2D eigenvalue weighted by Crippen LogP contribution is -2.67. The number of fused-ring (bicyclic) bond motifs is 1. The number of aromatic nitrogens is 2. The van der Waals surface area contributed by atoms with E-state index in [1.807, 2.05) is 91.0 Å². The zero-order valence-electron chi connectivity index (χ0n) is 34.0. The number of aliphatic hydroxyl groups is 2. The van der Waals surface area contributed by atoms with Crippen LogP contribution in [-0.2, 0) is 25.8 Å². The second kappa shape index (κ2) is 17.5. The Hall–Kier alpha value is -6.71. The number of methoxy groups -OCH3 is 2. The molecule has 1 aromatic heterocycles. The number of nitrogens with one attached hydrogen (secondary N) is 2. The van der Waals surface area contributed by atoms with E-state index in [0.29, 0.717) is 23.0 Å². The lowest BCUT2D eigenvalue weighted by atomic mass is 9.80. The summed E-state index contributed by atoms with van der Waals surface area (Å²) >= 11 is 0. The number of hydrogen-bond donors (Lipinski definition) is 4. The molecule has 0 aliphatic carbocycles. The Labute approximate surface area is 353 Å². The number of carbonyl (C=O) groups excluding carboxylic acids is 1. The third kappa shape index (κ3) is 7.89. The molecular weight excluding hydrogens is 779 g/mol. The van der Waals surface area contributed by atoms with E-state index in [2.05, 4.69) is 15.3 Å². The van der Waals surface area contributed by atoms with Crippen LogP contribution < -0.4 is 24.3 Å². The van der Waals surface area contributed by atoms with Gasteiger partial charge in [-0.25, -0.2) is 9.88 Å². The molecule has 2 aliphatic heterocycles. The molecule has 2 aliphatic rings. The summed E-state index contributed by atoms with van der Waals surface area (Å²) < 4.78 is 38.6. The van der Waals surface area contributed by atoms with E-state index in [1.54, 1.807) is 76.6 Å². The number of aromatic amines is 1. The zero-order valence-corrected chi connectivity index (χ0v) is 34.0. The molecule has 14 heteroatoms. The molecule has 4 atom stereocenters. The van der Waals surface area contributed by atoms with Crippen LogP contribution in [0.15, 0.2) is 151 Å². The largest absolute Gasteiger partial charge is 0.497 e. The highest BCUT2D eigenvalue weighted by molar-refractivity contribution is 5.99. The number of imidazole rings is 1. The van der Waals surface area contributed by atoms with Gasteiger partial charge in [0, 0.05) is 5.92 Å². The van der Waals surface area contributed by atoms with E-state index in [9.17, 15) is 15.0 Å². The molecule has 1 fully saturated rings. The fourth-order valence-corrected chi connectivity index (χ4v) is 7.53. The van der Waals surface area contributed by atoms with Crippen molar-refractivity contribution in [2.75, 3.05) is 20.8 Å². The van der Waals surface area contributed by atoms with E-state index >= 15 is 0 Å². The molecule has 0 bridgehead atoms. The molecule has 14 nitrogen and oxygen atoms in total. The summed E-state index contributed by atoms with van der Waals surface area (Å²) in [5.74, 6) is -0.854. The van der Waals surface area contributed by atoms with Gasteiger partial charge in [0.25, 0.3) is 0 Å². The number of benzene rings is 5. The van der Waals surface area contributed by atoms with Crippen LogP contribution in [0.2, 0.25) is 0 Å². The van der Waals surface area contributed by atoms with Crippen molar-refractivity contribution in [3.8, 4) is 23.0 Å². The second-order valence-electron chi connectivity index (χ2n) is 14.8. The van der Waals surface area contributed by atoms with Crippen molar-refractivity contribution in [1.82, 2.24) is 20.2 Å². The third-order valence-corrected chi connectivity index (χ3v) is 10.7. The third-order valence-electron chi connectivity index (χ3n) is 10.7. The van der Waals surface area contributed by atoms with E-state index in [-0.39, 0.29) is 24.1 Å². The lowest BCUT2D eigenvalue weighted by molar-refractivity contribution is -0.263. The highest BCUT2D eigenvalue weighted by Gasteiger charge is 2.61. The van der Waals surface area contributed by atoms with Gasteiger partial charge in [-0.15, -0.1) is 0 Å². The minimum atomic E-state index is -2.07. The Balaban J connectivity index is 1.23. The smallest absolute Gasteiger partial charge is 0.391 e. The first-order valence-electron chi connectivity index (χ1n) is 19.9. The van der Waals surface area contributed by atoms with Gasteiger partial charge < -0.3 is 43.6 Å². The zero-order chi connectivity index (χ0) is 42.6. The molecule has 3 heterocycles. The first kappa shape index (κ1) is 41.0. The SMILES string of the molecule is COc1ccc(C(OC[C@H]2O[C@@H](N3C(NC(=O)C(C)C)=Nc4nc[nH]c4C3(Oc3ccccc3)Oc3ccccc3)C(O)[C@H]2O)(c2ccccc2)c2ccc(OC)cc2)cc1. The van der Waals surface area contributed by atoms with Crippen LogP contribution in [0.3, 0.4) is 0 Å². The van der Waals surface area contributed by atoms with Crippen LogP contribution in [0, 0.1) is 5.92 Å². The predicted molar refractivity (Wildman–Crippen MR) is 225 cm³/mol. The maximum absolute atomic E-state index is 13.5. The molecule has 1 saturated heterocycles. The van der Waals surface area contributed by atoms with Gasteiger partial charge in [-0.1, -0.05) is 105 Å². The molecule has 61 heavy (non-hydrogen) atoms. The molecule has 1 unspecified atom stereocenters. The Morgan fingerprint density at radius 2 is 1.26 bits per heavy atom. The first-order chi connectivity index (χ1) is 29.7. The quantitative estimate of drug-likeness (QED) is 0.0727. The molecule has 1 amide bonds. The summed E-state index contributed by atoms with van der Waals surface area (Å²) in [5, 5.41) is 27.1. The summed E-state index contributed by atoms with van der Waals surface area (Å²) in [6.07, 6.45) is -4.36. The number of nitrogens with zero attached hydrogens (tertiary/aromatic N) is 3. The van der Waals surface area contributed by atoms with E-state index in [0.717, 1.165) is 16.7 Å². The molecule has 0 radical (unpaired) electrons. The average Bonchev–Trinajstić information content (AvgIpc) is 3.89. The van der Waals surface area contributed by atoms with Gasteiger partial charge in [0.05, 0.1) is 27.2 Å². The van der Waals surface area contributed by atoms with E-state index in [1.165, 1.54) is 11.2 Å². The number of H-pyrrole nitrogens is 1. The van der Waals surface area contributed by atoms with Gasteiger partial charge in [-0.05, 0) is 65.2 Å². The fourth-order valence-electron chi connectivity index (χ4n) is 7.53. The number of ether oxygens (including phenoxy) is 6. The lowest BCUT2D eigenvalue weighted by Gasteiger charge is -2.47. The standard InChI is InChI=1S/C47H47N5O9/c1-30(2)43(55)51-45-50-42-41(48-29-49-42)47(60-36-16-10-6-11-17-36,61-37-18-12-7-13-19-37)52(45)44-40(54)39(53)38(59-44)28-58-46(31-14-8-5-9-15-31,32-20-24-34(56-3)25-21-32)33-22-26-35(57-4)27-23-33/h5-27,29-30,38-40,44,53-54H,28H2,1-4H3,(H,48,49)(H,50,51,55)/t38-,39+,40?,44-/m1/s1. The maximum Gasteiger partial charge on any atom is 0.391 e. The number of rotatable bonds is 14. The van der Waals surface area contributed by atoms with Gasteiger partial charge >= 0.3 is 5.91 Å². The highest BCUT2D eigenvalue weighted by Crippen LogP contribution is 2.46. The summed E-state index contributed by atoms with van der Waals surface area (Å²) in [6, 6.07) is 42.6. The van der Waals surface area contributed by atoms with Crippen molar-refractivity contribution >= 4 is 17.7 Å². The van der Waals surface area contributed by atoms with E-state index < -0.39 is 47.9 Å². The number of hydrogen-bond acceptors (Lipinski definition) is 12. The Bertz CT molecular complexity index is 2320. The average molecular weight is 826 g/mol. The minimum Gasteiger partial charge on any atom is -0.497 e. The topological polar surface area (TPSA) is 169 Å². The summed E-state index contributed by atoms with van der Waals surface area (Å²) in [6.45, 7) is 3.24. The first-order valence-corrected chi connectivity index (χ1v) is 19.9. The van der Waals surface area contributed by atoms with Crippen LogP contribution in [-0.4, -0.2) is 82.3 Å². The number of aliphatic imine (C=N–C) groups is 1. The normalized spacial score (nSPS) is 19.5. The molecule has 5 aromatic carbocycles. The monoisotopic (exact) mass is 825 g/mol. The van der Waals surface area contributed by atoms with Crippen molar-refractivity contribution in [3.05, 3.63) is 168 Å². The number of guanidine groups is 1. The molecule has 8 rings (SSSR count). The number of amides is 1. The van der Waals surface area contributed by atoms with Crippen LogP contribution in [0.5, 0.6) is 23.0 Å². The number of aliphatic hydroxyl groups excluding tert-OH is 2. The molecule has 0 saturated carbocycles. The van der Waals surface area contributed by atoms with Crippen molar-refractivity contribution in [2.45, 2.75) is 49.9 Å². The Morgan fingerprint density at radius 1 is 0.754 bits per heavy atom. The molecule has 6 aromatic rings. The highest BCUT2D eigenvalue weighted by atomic mass is 16.7. The van der Waals surface area contributed by atoms with E-state index in [4.69, 9.17) is 33.4 Å². The number of carbonyl (C=O) groups is 1. The van der Waals surface area contributed by atoms with Gasteiger partial charge in [-0.2, -0.15) is 4.99 Å². The van der Waals surface area contributed by atoms with Gasteiger partial charge in [0.15, 0.2) is 17.7 Å². The summed E-state index contributed by atoms with van der Waals surface area (Å²) in [4.78, 5) is 27.2. The maximum atomic E-state index is 13.5. The molecule has 0 spiro atoms.